The molecule has 23 heavy (non-hydrogen) atoms. The fraction of sp³-hybridized carbons (Fsp3) is 0.368. The fourth-order valence-electron chi connectivity index (χ4n) is 3.15. The number of hydrogen-bond donors (Lipinski definition) is 1. The topological polar surface area (TPSA) is 45.2 Å². The lowest BCUT2D eigenvalue weighted by molar-refractivity contribution is -0.119. The van der Waals surface area contributed by atoms with Crippen molar-refractivity contribution in [2.24, 2.45) is 0 Å². The first kappa shape index (κ1) is 15.5. The van der Waals surface area contributed by atoms with Crippen LogP contribution in [0, 0.1) is 0 Å². The van der Waals surface area contributed by atoms with Crippen LogP contribution in [-0.2, 0) is 11.3 Å². The van der Waals surface area contributed by atoms with Gasteiger partial charge in [-0.2, -0.15) is 0 Å². The third-order valence-electron chi connectivity index (χ3n) is 4.42. The predicted octanol–water partition coefficient (Wildman–Crippen LogP) is 3.10. The highest BCUT2D eigenvalue weighted by Gasteiger charge is 2.21. The summed E-state index contributed by atoms with van der Waals surface area (Å²) in [6, 6.07) is 12.3. The minimum Gasteiger partial charge on any atom is -0.362 e. The third-order valence-corrected chi connectivity index (χ3v) is 4.42. The number of para-hydroxylation sites is 1. The Labute approximate surface area is 137 Å². The van der Waals surface area contributed by atoms with Gasteiger partial charge in [0.15, 0.2) is 0 Å². The van der Waals surface area contributed by atoms with E-state index in [0.717, 1.165) is 18.5 Å². The van der Waals surface area contributed by atoms with Gasteiger partial charge in [0.2, 0.25) is 5.91 Å². The Hall–Kier alpha value is -2.36. The van der Waals surface area contributed by atoms with Crippen LogP contribution < -0.4 is 10.2 Å². The van der Waals surface area contributed by atoms with Gasteiger partial charge in [0.05, 0.1) is 6.54 Å². The highest BCUT2D eigenvalue weighted by atomic mass is 16.2. The minimum absolute atomic E-state index is 0.0539. The van der Waals surface area contributed by atoms with Crippen LogP contribution in [0.5, 0.6) is 0 Å². The maximum absolute atomic E-state index is 12.3. The summed E-state index contributed by atoms with van der Waals surface area (Å²) in [7, 11) is 0. The molecule has 2 heterocycles. The van der Waals surface area contributed by atoms with Crippen LogP contribution in [0.2, 0.25) is 0 Å². The fourth-order valence-corrected chi connectivity index (χ4v) is 3.15. The normalized spacial score (nSPS) is 17.3. The highest BCUT2D eigenvalue weighted by molar-refractivity contribution is 5.81. The third kappa shape index (κ3) is 3.89. The van der Waals surface area contributed by atoms with Crippen molar-refractivity contribution in [3.05, 3.63) is 59.9 Å². The van der Waals surface area contributed by atoms with Gasteiger partial charge in [0.25, 0.3) is 0 Å². The Morgan fingerprint density at radius 3 is 3.00 bits per heavy atom. The van der Waals surface area contributed by atoms with Crippen LogP contribution >= 0.6 is 0 Å². The second-order valence-corrected chi connectivity index (χ2v) is 6.16. The number of aromatic nitrogens is 1. The molecule has 1 aromatic heterocycles. The van der Waals surface area contributed by atoms with Gasteiger partial charge in [-0.3, -0.25) is 9.78 Å². The van der Waals surface area contributed by atoms with E-state index in [9.17, 15) is 4.79 Å². The zero-order chi connectivity index (χ0) is 16.1. The maximum atomic E-state index is 12.3. The Bertz CT molecular complexity index is 657. The summed E-state index contributed by atoms with van der Waals surface area (Å²) in [6.07, 6.45) is 5.81. The number of pyridine rings is 1. The molecule has 2 aromatic rings. The Morgan fingerprint density at radius 2 is 2.17 bits per heavy atom. The summed E-state index contributed by atoms with van der Waals surface area (Å²) in [5, 5.41) is 2.99. The predicted molar refractivity (Wildman–Crippen MR) is 92.4 cm³/mol. The molecular formula is C19H23N3O. The van der Waals surface area contributed by atoms with E-state index in [1.807, 2.05) is 12.1 Å². The molecule has 0 fully saturated rings. The molecule has 3 rings (SSSR count). The number of benzene rings is 1. The van der Waals surface area contributed by atoms with Gasteiger partial charge in [-0.15, -0.1) is 0 Å². The van der Waals surface area contributed by atoms with Gasteiger partial charge in [0, 0.05) is 31.2 Å². The molecule has 1 aromatic carbocycles. The molecule has 0 bridgehead atoms. The molecule has 4 nitrogen and oxygen atoms in total. The van der Waals surface area contributed by atoms with Gasteiger partial charge in [0.1, 0.15) is 0 Å². The number of anilines is 1. The zero-order valence-electron chi connectivity index (χ0n) is 13.5. The van der Waals surface area contributed by atoms with E-state index >= 15 is 0 Å². The SMILES string of the molecule is CC1CCCN(CC(=O)NCc2cccnc2)c2ccccc21. The van der Waals surface area contributed by atoms with Gasteiger partial charge >= 0.3 is 0 Å². The first-order valence-corrected chi connectivity index (χ1v) is 8.23. The molecule has 0 spiro atoms. The van der Waals surface area contributed by atoms with Crippen LogP contribution in [0.25, 0.3) is 0 Å². The monoisotopic (exact) mass is 309 g/mol. The summed E-state index contributed by atoms with van der Waals surface area (Å²) in [5.74, 6) is 0.605. The Morgan fingerprint density at radius 1 is 1.30 bits per heavy atom. The number of carbonyl (C=O) groups excluding carboxylic acids is 1. The van der Waals surface area contributed by atoms with Crippen molar-refractivity contribution in [1.29, 1.82) is 0 Å². The van der Waals surface area contributed by atoms with E-state index in [4.69, 9.17) is 0 Å². The standard InChI is InChI=1S/C19H23N3O/c1-15-6-5-11-22(18-9-3-2-8-17(15)18)14-19(23)21-13-16-7-4-10-20-12-16/h2-4,7-10,12,15H,5-6,11,13-14H2,1H3,(H,21,23). The van der Waals surface area contributed by atoms with Crippen molar-refractivity contribution in [1.82, 2.24) is 10.3 Å². The molecule has 1 aliphatic rings. The number of nitrogens with zero attached hydrogens (tertiary/aromatic N) is 2. The number of nitrogens with one attached hydrogen (secondary N) is 1. The average Bonchev–Trinajstić information content (AvgIpc) is 2.74. The van der Waals surface area contributed by atoms with Crippen molar-refractivity contribution < 1.29 is 4.79 Å². The lowest BCUT2D eigenvalue weighted by Gasteiger charge is -2.24. The van der Waals surface area contributed by atoms with Crippen molar-refractivity contribution >= 4 is 11.6 Å². The quantitative estimate of drug-likeness (QED) is 0.944. The molecule has 120 valence electrons. The van der Waals surface area contributed by atoms with Crippen molar-refractivity contribution in [2.75, 3.05) is 18.0 Å². The first-order chi connectivity index (χ1) is 11.2. The van der Waals surface area contributed by atoms with Crippen molar-refractivity contribution in [3.8, 4) is 0 Å². The van der Waals surface area contributed by atoms with Crippen molar-refractivity contribution in [3.63, 3.8) is 0 Å². The second kappa shape index (κ2) is 7.27. The molecular weight excluding hydrogens is 286 g/mol. The van der Waals surface area contributed by atoms with E-state index in [1.165, 1.54) is 17.7 Å². The van der Waals surface area contributed by atoms with E-state index in [2.05, 4.69) is 46.4 Å². The number of hydrogen-bond acceptors (Lipinski definition) is 3. The zero-order valence-corrected chi connectivity index (χ0v) is 13.5. The number of carbonyl (C=O) groups is 1. The summed E-state index contributed by atoms with van der Waals surface area (Å²) in [4.78, 5) is 18.6. The first-order valence-electron chi connectivity index (χ1n) is 8.23. The number of rotatable bonds is 4. The maximum Gasteiger partial charge on any atom is 0.239 e. The Kier molecular flexibility index (Phi) is 4.91. The summed E-state index contributed by atoms with van der Waals surface area (Å²) in [5.41, 5.74) is 3.57. The number of amides is 1. The lowest BCUT2D eigenvalue weighted by atomic mass is 9.96. The van der Waals surface area contributed by atoms with E-state index < -0.39 is 0 Å². The van der Waals surface area contributed by atoms with E-state index in [0.29, 0.717) is 19.0 Å². The molecule has 1 amide bonds. The minimum atomic E-state index is 0.0539. The van der Waals surface area contributed by atoms with Gasteiger partial charge in [-0.25, -0.2) is 0 Å². The van der Waals surface area contributed by atoms with Crippen LogP contribution in [0.4, 0.5) is 5.69 Å². The van der Waals surface area contributed by atoms with Crippen LogP contribution in [-0.4, -0.2) is 24.0 Å². The lowest BCUT2D eigenvalue weighted by Crippen LogP contribution is -2.37. The van der Waals surface area contributed by atoms with Gasteiger partial charge in [-0.1, -0.05) is 31.2 Å². The summed E-state index contributed by atoms with van der Waals surface area (Å²) in [6.45, 7) is 4.13. The van der Waals surface area contributed by atoms with Gasteiger partial charge < -0.3 is 10.2 Å². The molecule has 0 saturated heterocycles. The molecule has 1 aliphatic heterocycles. The molecule has 1 unspecified atom stereocenters. The molecule has 0 aliphatic carbocycles. The summed E-state index contributed by atoms with van der Waals surface area (Å²) >= 11 is 0. The molecule has 4 heteroatoms. The number of fused-ring (bicyclic) bond motifs is 1. The second-order valence-electron chi connectivity index (χ2n) is 6.16. The largest absolute Gasteiger partial charge is 0.362 e. The summed E-state index contributed by atoms with van der Waals surface area (Å²) < 4.78 is 0. The molecule has 0 saturated carbocycles. The smallest absolute Gasteiger partial charge is 0.239 e. The van der Waals surface area contributed by atoms with Gasteiger partial charge in [-0.05, 0) is 42.0 Å². The van der Waals surface area contributed by atoms with E-state index in [-0.39, 0.29) is 5.91 Å². The van der Waals surface area contributed by atoms with E-state index in [1.54, 1.807) is 12.4 Å². The van der Waals surface area contributed by atoms with Crippen LogP contribution in [0.15, 0.2) is 48.8 Å². The Balaban J connectivity index is 1.65. The van der Waals surface area contributed by atoms with Crippen LogP contribution in [0.1, 0.15) is 36.8 Å². The molecule has 0 radical (unpaired) electrons. The average molecular weight is 309 g/mol. The van der Waals surface area contributed by atoms with Crippen LogP contribution in [0.3, 0.4) is 0 Å². The highest BCUT2D eigenvalue weighted by Crippen LogP contribution is 2.33. The molecule has 1 atom stereocenters. The van der Waals surface area contributed by atoms with Crippen molar-refractivity contribution in [2.45, 2.75) is 32.2 Å². The molecule has 1 N–H and O–H groups in total.